The number of aliphatic hydroxyl groups is 1. The third-order valence-corrected chi connectivity index (χ3v) is 3.57. The van der Waals surface area contributed by atoms with Crippen LogP contribution in [0.25, 0.3) is 0 Å². The molecule has 0 bridgehead atoms. The number of halogens is 3. The maximum atomic E-state index is 12.6. The molecule has 0 aliphatic heterocycles. The Kier molecular flexibility index (Phi) is 5.68. The number of aryl methyl sites for hydroxylation is 1. The molecular weight excluding hydrogens is 339 g/mol. The molecule has 9 heteroatoms. The van der Waals surface area contributed by atoms with Gasteiger partial charge in [0.1, 0.15) is 5.75 Å². The van der Waals surface area contributed by atoms with Crippen molar-refractivity contribution in [3.8, 4) is 5.75 Å². The van der Waals surface area contributed by atoms with E-state index in [4.69, 9.17) is 4.74 Å². The van der Waals surface area contributed by atoms with Crippen molar-refractivity contribution in [2.75, 3.05) is 13.7 Å². The highest BCUT2D eigenvalue weighted by atomic mass is 19.4. The number of amides is 1. The van der Waals surface area contributed by atoms with Gasteiger partial charge >= 0.3 is 6.18 Å². The zero-order chi connectivity index (χ0) is 18.6. The van der Waals surface area contributed by atoms with Crippen molar-refractivity contribution in [1.82, 2.24) is 15.1 Å². The predicted molar refractivity (Wildman–Crippen MR) is 82.9 cm³/mol. The predicted octanol–water partition coefficient (Wildman–Crippen LogP) is 2.07. The second kappa shape index (κ2) is 7.56. The summed E-state index contributed by atoms with van der Waals surface area (Å²) in [6.45, 7) is 1.59. The molecule has 0 spiro atoms. The van der Waals surface area contributed by atoms with Gasteiger partial charge in [-0.3, -0.25) is 9.48 Å². The number of carbonyl (C=O) groups is 1. The van der Waals surface area contributed by atoms with Crippen LogP contribution in [0.15, 0.2) is 30.3 Å². The molecule has 2 rings (SSSR count). The molecule has 0 saturated carbocycles. The van der Waals surface area contributed by atoms with Crippen molar-refractivity contribution < 1.29 is 27.8 Å². The second-order valence-electron chi connectivity index (χ2n) is 5.36. The maximum Gasteiger partial charge on any atom is 0.435 e. The van der Waals surface area contributed by atoms with Gasteiger partial charge in [-0.05, 0) is 30.7 Å². The first-order chi connectivity index (χ1) is 11.7. The number of benzene rings is 1. The third kappa shape index (κ3) is 4.72. The molecule has 136 valence electrons. The van der Waals surface area contributed by atoms with Crippen LogP contribution in [0.3, 0.4) is 0 Å². The number of hydrogen-bond donors (Lipinski definition) is 2. The largest absolute Gasteiger partial charge is 0.497 e. The van der Waals surface area contributed by atoms with Gasteiger partial charge in [-0.25, -0.2) is 0 Å². The molecule has 1 heterocycles. The van der Waals surface area contributed by atoms with Crippen molar-refractivity contribution >= 4 is 5.91 Å². The number of methoxy groups -OCH3 is 1. The summed E-state index contributed by atoms with van der Waals surface area (Å²) in [7, 11) is 1.50. The lowest BCUT2D eigenvalue weighted by atomic mass is 10.1. The van der Waals surface area contributed by atoms with E-state index in [1.54, 1.807) is 24.3 Å². The van der Waals surface area contributed by atoms with Gasteiger partial charge in [0.15, 0.2) is 11.8 Å². The summed E-state index contributed by atoms with van der Waals surface area (Å²) in [6, 6.07) is 7.26. The van der Waals surface area contributed by atoms with E-state index in [1.165, 1.54) is 14.0 Å². The Morgan fingerprint density at radius 3 is 2.52 bits per heavy atom. The van der Waals surface area contributed by atoms with Crippen LogP contribution in [0.4, 0.5) is 13.2 Å². The summed E-state index contributed by atoms with van der Waals surface area (Å²) in [6.07, 6.45) is -5.89. The fourth-order valence-electron chi connectivity index (χ4n) is 2.19. The molecule has 6 nitrogen and oxygen atoms in total. The first kappa shape index (κ1) is 18.8. The minimum Gasteiger partial charge on any atom is -0.497 e. The monoisotopic (exact) mass is 357 g/mol. The molecule has 1 aromatic carbocycles. The number of nitrogens with zero attached hydrogens (tertiary/aromatic N) is 2. The SMILES string of the molecule is COc1ccc(C(O)C(=O)NCCn2nc(C(F)(F)F)cc2C)cc1. The maximum absolute atomic E-state index is 12.6. The van der Waals surface area contributed by atoms with Crippen LogP contribution < -0.4 is 10.1 Å². The van der Waals surface area contributed by atoms with Crippen molar-refractivity contribution in [3.63, 3.8) is 0 Å². The van der Waals surface area contributed by atoms with Crippen LogP contribution in [-0.4, -0.2) is 34.4 Å². The molecule has 0 aliphatic carbocycles. The van der Waals surface area contributed by atoms with E-state index in [0.29, 0.717) is 17.0 Å². The van der Waals surface area contributed by atoms with Gasteiger partial charge < -0.3 is 15.2 Å². The Balaban J connectivity index is 1.90. The fourth-order valence-corrected chi connectivity index (χ4v) is 2.19. The number of aromatic nitrogens is 2. The van der Waals surface area contributed by atoms with Crippen molar-refractivity contribution in [3.05, 3.63) is 47.3 Å². The average molecular weight is 357 g/mol. The van der Waals surface area contributed by atoms with E-state index >= 15 is 0 Å². The van der Waals surface area contributed by atoms with E-state index in [9.17, 15) is 23.1 Å². The molecule has 2 aromatic rings. The summed E-state index contributed by atoms with van der Waals surface area (Å²) in [5, 5.41) is 15.9. The first-order valence-corrected chi connectivity index (χ1v) is 7.43. The third-order valence-electron chi connectivity index (χ3n) is 3.57. The minimum atomic E-state index is -4.51. The van der Waals surface area contributed by atoms with Crippen molar-refractivity contribution in [2.45, 2.75) is 25.7 Å². The number of nitrogens with one attached hydrogen (secondary N) is 1. The standard InChI is InChI=1S/C16H18F3N3O3/c1-10-9-13(16(17,18)19)21-22(10)8-7-20-15(24)14(23)11-3-5-12(25-2)6-4-11/h3-6,9,14,23H,7-8H2,1-2H3,(H,20,24). The first-order valence-electron chi connectivity index (χ1n) is 7.43. The van der Waals surface area contributed by atoms with Crippen LogP contribution in [0.1, 0.15) is 23.1 Å². The lowest BCUT2D eigenvalue weighted by Gasteiger charge is -2.12. The Bertz CT molecular complexity index is 726. The van der Waals surface area contributed by atoms with E-state index < -0.39 is 23.9 Å². The highest BCUT2D eigenvalue weighted by molar-refractivity contribution is 5.81. The van der Waals surface area contributed by atoms with E-state index in [0.717, 1.165) is 10.7 Å². The van der Waals surface area contributed by atoms with Crippen LogP contribution >= 0.6 is 0 Å². The molecule has 0 aliphatic rings. The smallest absolute Gasteiger partial charge is 0.435 e. The summed E-state index contributed by atoms with van der Waals surface area (Å²) >= 11 is 0. The molecule has 0 saturated heterocycles. The van der Waals surface area contributed by atoms with Crippen LogP contribution in [0, 0.1) is 6.92 Å². The molecule has 0 fully saturated rings. The number of aliphatic hydroxyl groups excluding tert-OH is 1. The van der Waals surface area contributed by atoms with E-state index in [2.05, 4.69) is 10.4 Å². The number of hydrogen-bond acceptors (Lipinski definition) is 4. The normalized spacial score (nSPS) is 12.7. The van der Waals surface area contributed by atoms with Crippen LogP contribution in [0.5, 0.6) is 5.75 Å². The van der Waals surface area contributed by atoms with Gasteiger partial charge in [0.05, 0.1) is 13.7 Å². The summed E-state index contributed by atoms with van der Waals surface area (Å²) in [5.74, 6) is -0.0583. The summed E-state index contributed by atoms with van der Waals surface area (Å²) < 4.78 is 43.9. The molecule has 1 amide bonds. The topological polar surface area (TPSA) is 76.4 Å². The lowest BCUT2D eigenvalue weighted by molar-refractivity contribution is -0.141. The van der Waals surface area contributed by atoms with E-state index in [1.807, 2.05) is 0 Å². The van der Waals surface area contributed by atoms with E-state index in [-0.39, 0.29) is 13.1 Å². The number of ether oxygens (including phenoxy) is 1. The van der Waals surface area contributed by atoms with Crippen LogP contribution in [0.2, 0.25) is 0 Å². The highest BCUT2D eigenvalue weighted by Crippen LogP contribution is 2.28. The average Bonchev–Trinajstić information content (AvgIpc) is 2.95. The molecule has 0 radical (unpaired) electrons. The Morgan fingerprint density at radius 1 is 1.36 bits per heavy atom. The van der Waals surface area contributed by atoms with Gasteiger partial charge in [-0.2, -0.15) is 18.3 Å². The lowest BCUT2D eigenvalue weighted by Crippen LogP contribution is -2.32. The molecular formula is C16H18F3N3O3. The Morgan fingerprint density at radius 2 is 2.00 bits per heavy atom. The van der Waals surface area contributed by atoms with Gasteiger partial charge in [0.25, 0.3) is 5.91 Å². The fraction of sp³-hybridized carbons (Fsp3) is 0.375. The number of rotatable bonds is 6. The molecule has 1 atom stereocenters. The summed E-state index contributed by atoms with van der Waals surface area (Å²) in [4.78, 5) is 11.9. The van der Waals surface area contributed by atoms with Crippen LogP contribution in [-0.2, 0) is 17.5 Å². The van der Waals surface area contributed by atoms with Gasteiger partial charge in [0.2, 0.25) is 0 Å². The van der Waals surface area contributed by atoms with Gasteiger partial charge in [0, 0.05) is 12.2 Å². The molecule has 1 unspecified atom stereocenters. The molecule has 25 heavy (non-hydrogen) atoms. The Hall–Kier alpha value is -2.55. The van der Waals surface area contributed by atoms with Gasteiger partial charge in [-0.1, -0.05) is 12.1 Å². The number of carbonyl (C=O) groups excluding carboxylic acids is 1. The Labute approximate surface area is 142 Å². The van der Waals surface area contributed by atoms with Crippen molar-refractivity contribution in [1.29, 1.82) is 0 Å². The quantitative estimate of drug-likeness (QED) is 0.830. The molecule has 2 N–H and O–H groups in total. The zero-order valence-electron chi connectivity index (χ0n) is 13.7. The highest BCUT2D eigenvalue weighted by Gasteiger charge is 2.34. The number of alkyl halides is 3. The zero-order valence-corrected chi connectivity index (χ0v) is 13.7. The van der Waals surface area contributed by atoms with Crippen molar-refractivity contribution in [2.24, 2.45) is 0 Å². The summed E-state index contributed by atoms with van der Waals surface area (Å²) in [5.41, 5.74) is -0.264. The molecule has 1 aromatic heterocycles. The second-order valence-corrected chi connectivity index (χ2v) is 5.36. The van der Waals surface area contributed by atoms with Gasteiger partial charge in [-0.15, -0.1) is 0 Å². The minimum absolute atomic E-state index is 0.0336.